The molecule has 1 rings (SSSR count). The fraction of sp³-hybridized carbons (Fsp3) is 0.125. The summed E-state index contributed by atoms with van der Waals surface area (Å²) in [5, 5.41) is 13.7. The van der Waals surface area contributed by atoms with Crippen LogP contribution in [0.4, 0.5) is 0 Å². The van der Waals surface area contributed by atoms with E-state index in [2.05, 4.69) is 10.0 Å². The molecule has 14 heavy (non-hydrogen) atoms. The topological polar surface area (TPSA) is 86.1 Å². The van der Waals surface area contributed by atoms with Crippen LogP contribution in [0.25, 0.3) is 16.5 Å². The van der Waals surface area contributed by atoms with Crippen LogP contribution in [-0.4, -0.2) is 17.6 Å². The highest BCUT2D eigenvalue weighted by molar-refractivity contribution is 7.12. The van der Waals surface area contributed by atoms with Crippen LogP contribution in [0.3, 0.4) is 0 Å². The van der Waals surface area contributed by atoms with Gasteiger partial charge in [-0.15, -0.1) is 11.3 Å². The predicted octanol–water partition coefficient (Wildman–Crippen LogP) is 2.77. The van der Waals surface area contributed by atoms with Gasteiger partial charge in [0.2, 0.25) is 0 Å². The van der Waals surface area contributed by atoms with Crippen LogP contribution in [0.5, 0.6) is 0 Å². The van der Waals surface area contributed by atoms with E-state index in [4.69, 9.17) is 10.6 Å². The lowest BCUT2D eigenvalue weighted by Gasteiger charge is -1.82. The van der Waals surface area contributed by atoms with Gasteiger partial charge in [-0.1, -0.05) is 17.3 Å². The molecule has 0 fully saturated rings. The third kappa shape index (κ3) is 2.93. The van der Waals surface area contributed by atoms with Crippen molar-refractivity contribution in [1.29, 1.82) is 0 Å². The molecule has 1 heterocycles. The Morgan fingerprint density at radius 3 is 3.14 bits per heavy atom. The van der Waals surface area contributed by atoms with E-state index >= 15 is 0 Å². The Morgan fingerprint density at radius 2 is 2.57 bits per heavy atom. The zero-order valence-corrected chi connectivity index (χ0v) is 7.94. The lowest BCUT2D eigenvalue weighted by atomic mass is 10.3. The molecule has 0 saturated carbocycles. The van der Waals surface area contributed by atoms with Gasteiger partial charge in [0.15, 0.2) is 0 Å². The van der Waals surface area contributed by atoms with Crippen LogP contribution in [0.2, 0.25) is 0 Å². The van der Waals surface area contributed by atoms with Gasteiger partial charge in [0, 0.05) is 11.5 Å². The third-order valence-electron chi connectivity index (χ3n) is 1.39. The number of nitrogens with zero attached hydrogens (tertiary/aromatic N) is 3. The average Bonchev–Trinajstić information content (AvgIpc) is 2.61. The minimum absolute atomic E-state index is 0.273. The quantitative estimate of drug-likeness (QED) is 0.469. The van der Waals surface area contributed by atoms with E-state index in [-0.39, 0.29) is 6.54 Å². The monoisotopic (exact) mass is 209 g/mol. The second-order valence-electron chi connectivity index (χ2n) is 2.37. The van der Waals surface area contributed by atoms with Gasteiger partial charge in [-0.3, -0.25) is 0 Å². The fourth-order valence-corrected chi connectivity index (χ4v) is 1.54. The molecule has 0 bridgehead atoms. The summed E-state index contributed by atoms with van der Waals surface area (Å²) in [5.41, 5.74) is 8.80. The zero-order valence-electron chi connectivity index (χ0n) is 7.12. The number of rotatable bonds is 4. The maximum Gasteiger partial charge on any atom is 0.345 e. The Hall–Kier alpha value is -1.78. The van der Waals surface area contributed by atoms with E-state index in [1.807, 2.05) is 0 Å². The van der Waals surface area contributed by atoms with Gasteiger partial charge in [0.25, 0.3) is 0 Å². The minimum atomic E-state index is -0.926. The molecule has 0 unspecified atom stereocenters. The highest BCUT2D eigenvalue weighted by atomic mass is 32.1. The molecule has 1 aromatic rings. The largest absolute Gasteiger partial charge is 0.477 e. The first-order chi connectivity index (χ1) is 6.74. The fourth-order valence-electron chi connectivity index (χ4n) is 0.823. The van der Waals surface area contributed by atoms with Crippen LogP contribution in [-0.2, 0) is 0 Å². The number of hydrogen-bond donors (Lipinski definition) is 1. The second-order valence-corrected chi connectivity index (χ2v) is 3.28. The van der Waals surface area contributed by atoms with Crippen molar-refractivity contribution in [1.82, 2.24) is 0 Å². The van der Waals surface area contributed by atoms with Gasteiger partial charge in [-0.2, -0.15) is 0 Å². The van der Waals surface area contributed by atoms with Gasteiger partial charge in [0.1, 0.15) is 4.88 Å². The summed E-state index contributed by atoms with van der Waals surface area (Å²) in [6.07, 6.45) is 3.39. The Bertz CT molecular complexity index is 404. The number of carboxylic acid groups (broad SMARTS) is 1. The maximum absolute atomic E-state index is 10.5. The van der Waals surface area contributed by atoms with E-state index in [0.717, 1.165) is 5.56 Å². The smallest absolute Gasteiger partial charge is 0.345 e. The molecule has 1 aromatic heterocycles. The Kier molecular flexibility index (Phi) is 3.72. The van der Waals surface area contributed by atoms with Crippen LogP contribution in [0, 0.1) is 0 Å². The van der Waals surface area contributed by atoms with E-state index in [9.17, 15) is 4.79 Å². The molecule has 0 amide bonds. The van der Waals surface area contributed by atoms with Crippen molar-refractivity contribution >= 4 is 23.4 Å². The summed E-state index contributed by atoms with van der Waals surface area (Å²) in [6, 6.07) is 1.57. The SMILES string of the molecule is [N-]=[N+]=NCC=Cc1csc(C(=O)O)c1. The molecule has 0 spiro atoms. The Balaban J connectivity index is 2.63. The molecule has 1 N–H and O–H groups in total. The van der Waals surface area contributed by atoms with E-state index in [1.54, 1.807) is 23.6 Å². The summed E-state index contributed by atoms with van der Waals surface area (Å²) < 4.78 is 0. The molecule has 0 aliphatic heterocycles. The highest BCUT2D eigenvalue weighted by Crippen LogP contribution is 2.15. The molecule has 0 saturated heterocycles. The van der Waals surface area contributed by atoms with Crippen LogP contribution in [0.15, 0.2) is 22.6 Å². The lowest BCUT2D eigenvalue weighted by Crippen LogP contribution is -1.89. The number of thiophene rings is 1. The van der Waals surface area contributed by atoms with Crippen molar-refractivity contribution in [2.75, 3.05) is 6.54 Å². The first-order valence-electron chi connectivity index (χ1n) is 3.73. The molecule has 0 radical (unpaired) electrons. The molecule has 0 aliphatic carbocycles. The lowest BCUT2D eigenvalue weighted by molar-refractivity contribution is 0.0702. The van der Waals surface area contributed by atoms with E-state index < -0.39 is 5.97 Å². The number of carbonyl (C=O) groups is 1. The Labute approximate surface area is 83.9 Å². The summed E-state index contributed by atoms with van der Waals surface area (Å²) in [6.45, 7) is 0.273. The minimum Gasteiger partial charge on any atom is -0.477 e. The number of carboxylic acids is 1. The first kappa shape index (κ1) is 10.3. The summed E-state index contributed by atoms with van der Waals surface area (Å²) >= 11 is 1.17. The van der Waals surface area contributed by atoms with Crippen molar-refractivity contribution in [3.05, 3.63) is 38.4 Å². The predicted molar refractivity (Wildman–Crippen MR) is 54.3 cm³/mol. The molecule has 0 aliphatic rings. The number of aromatic carboxylic acids is 1. The number of hydrogen-bond acceptors (Lipinski definition) is 3. The zero-order chi connectivity index (χ0) is 10.4. The van der Waals surface area contributed by atoms with Gasteiger partial charge in [-0.05, 0) is 22.5 Å². The Morgan fingerprint density at radius 1 is 1.79 bits per heavy atom. The normalized spacial score (nSPS) is 10.0. The van der Waals surface area contributed by atoms with Gasteiger partial charge in [0.05, 0.1) is 0 Å². The third-order valence-corrected chi connectivity index (χ3v) is 2.33. The summed E-state index contributed by atoms with van der Waals surface area (Å²) in [4.78, 5) is 13.4. The molecular formula is C8H7N3O2S. The van der Waals surface area contributed by atoms with Crippen LogP contribution < -0.4 is 0 Å². The molecule has 72 valence electrons. The summed E-state index contributed by atoms with van der Waals surface area (Å²) in [7, 11) is 0. The van der Waals surface area contributed by atoms with Crippen molar-refractivity contribution < 1.29 is 9.90 Å². The second kappa shape index (κ2) is 5.06. The maximum atomic E-state index is 10.5. The van der Waals surface area contributed by atoms with Crippen LogP contribution >= 0.6 is 11.3 Å². The van der Waals surface area contributed by atoms with Crippen molar-refractivity contribution in [2.24, 2.45) is 5.11 Å². The molecule has 0 aromatic carbocycles. The standard InChI is InChI=1S/C8H7N3O2S/c9-11-10-3-1-2-6-4-7(8(12)13)14-5-6/h1-2,4-5H,3H2,(H,12,13). The molecule has 5 nitrogen and oxygen atoms in total. The number of azide groups is 1. The molecular weight excluding hydrogens is 202 g/mol. The summed E-state index contributed by atoms with van der Waals surface area (Å²) in [5.74, 6) is -0.926. The average molecular weight is 209 g/mol. The van der Waals surface area contributed by atoms with Gasteiger partial charge in [-0.25, -0.2) is 4.79 Å². The van der Waals surface area contributed by atoms with Gasteiger partial charge < -0.3 is 5.11 Å². The molecule has 0 atom stereocenters. The van der Waals surface area contributed by atoms with Crippen molar-refractivity contribution in [3.8, 4) is 0 Å². The first-order valence-corrected chi connectivity index (χ1v) is 4.61. The van der Waals surface area contributed by atoms with Crippen molar-refractivity contribution in [3.63, 3.8) is 0 Å². The molecule has 6 heteroatoms. The van der Waals surface area contributed by atoms with Crippen molar-refractivity contribution in [2.45, 2.75) is 0 Å². The van der Waals surface area contributed by atoms with E-state index in [0.29, 0.717) is 4.88 Å². The highest BCUT2D eigenvalue weighted by Gasteiger charge is 2.04. The van der Waals surface area contributed by atoms with Gasteiger partial charge >= 0.3 is 5.97 Å². The van der Waals surface area contributed by atoms with Crippen LogP contribution in [0.1, 0.15) is 15.2 Å². The van der Waals surface area contributed by atoms with E-state index in [1.165, 1.54) is 11.3 Å².